The van der Waals surface area contributed by atoms with E-state index in [2.05, 4.69) is 0 Å². The summed E-state index contributed by atoms with van der Waals surface area (Å²) in [4.78, 5) is 25.5. The number of aliphatic hydroxyl groups excluding tert-OH is 4. The maximum atomic E-state index is 13.1. The van der Waals surface area contributed by atoms with E-state index >= 15 is 0 Å². The number of carbonyl (C=O) groups is 2. The number of aromatic hydroxyl groups is 3. The molecule has 0 radical (unpaired) electrons. The number of phenolic OH excluding ortho intramolecular Hbond substituents is 3. The molecule has 1 aliphatic heterocycles. The van der Waals surface area contributed by atoms with Crippen molar-refractivity contribution in [3.8, 4) is 17.2 Å². The molecular formula is C27H38O13. The lowest BCUT2D eigenvalue weighted by Gasteiger charge is -2.45. The summed E-state index contributed by atoms with van der Waals surface area (Å²) < 4.78 is 16.8. The highest BCUT2D eigenvalue weighted by molar-refractivity contribution is 5.99. The van der Waals surface area contributed by atoms with Gasteiger partial charge in [0.2, 0.25) is 0 Å². The second-order valence-electron chi connectivity index (χ2n) is 11.8. The minimum atomic E-state index is -2.29. The minimum Gasteiger partial charge on any atom is -0.504 e. The van der Waals surface area contributed by atoms with E-state index in [0.717, 1.165) is 12.1 Å². The van der Waals surface area contributed by atoms with Gasteiger partial charge in [-0.3, -0.25) is 4.79 Å². The molecule has 2 aliphatic rings. The first-order valence-corrected chi connectivity index (χ1v) is 12.6. The molecule has 40 heavy (non-hydrogen) atoms. The van der Waals surface area contributed by atoms with Gasteiger partial charge in [-0.25, -0.2) is 4.79 Å². The summed E-state index contributed by atoms with van der Waals surface area (Å²) >= 11 is 0. The molecule has 1 aliphatic carbocycles. The van der Waals surface area contributed by atoms with Gasteiger partial charge in [0.25, 0.3) is 0 Å². The van der Waals surface area contributed by atoms with Crippen LogP contribution in [0.3, 0.4) is 0 Å². The van der Waals surface area contributed by atoms with E-state index in [0.29, 0.717) is 5.57 Å². The SMILES string of the molecule is CC(C)=CC(=O)C1(O)C(O)C(C)(C)C(OC2OC(COC(=O)c3cc(O)c(O)c(O)c3)C(O)C(O)C2O)C1(C)C. The van der Waals surface area contributed by atoms with Gasteiger partial charge in [0.15, 0.2) is 34.9 Å². The molecule has 1 saturated heterocycles. The Morgan fingerprint density at radius 1 is 0.950 bits per heavy atom. The van der Waals surface area contributed by atoms with Crippen molar-refractivity contribution < 1.29 is 64.7 Å². The van der Waals surface area contributed by atoms with E-state index in [9.17, 15) is 50.4 Å². The van der Waals surface area contributed by atoms with Gasteiger partial charge in [0, 0.05) is 10.8 Å². The average molecular weight is 571 g/mol. The van der Waals surface area contributed by atoms with Gasteiger partial charge in [-0.1, -0.05) is 33.3 Å². The van der Waals surface area contributed by atoms with Gasteiger partial charge in [0.1, 0.15) is 31.0 Å². The molecule has 3 rings (SSSR count). The lowest BCUT2D eigenvalue weighted by Crippen LogP contribution is -2.61. The average Bonchev–Trinajstić information content (AvgIpc) is 2.96. The molecule has 0 aromatic heterocycles. The summed E-state index contributed by atoms with van der Waals surface area (Å²) in [6.07, 6.45) is -9.98. The Balaban J connectivity index is 1.83. The Labute approximate surface area is 230 Å². The van der Waals surface area contributed by atoms with Crippen LogP contribution in [0.25, 0.3) is 0 Å². The van der Waals surface area contributed by atoms with Crippen molar-refractivity contribution >= 4 is 11.8 Å². The first-order valence-electron chi connectivity index (χ1n) is 12.6. The van der Waals surface area contributed by atoms with Crippen LogP contribution in [-0.4, -0.2) is 108 Å². The zero-order valence-corrected chi connectivity index (χ0v) is 23.1. The zero-order chi connectivity index (χ0) is 30.5. The Kier molecular flexibility index (Phi) is 8.65. The van der Waals surface area contributed by atoms with Crippen molar-refractivity contribution in [2.75, 3.05) is 6.61 Å². The van der Waals surface area contributed by atoms with Crippen LogP contribution in [0.1, 0.15) is 51.9 Å². The standard InChI is InChI=1S/C27H38O13/c1-11(2)7-16(30)27(37)23(36)25(3,4)24(26(27,5)6)40-22-20(34)19(33)18(32)15(39-22)10-38-21(35)12-8-13(28)17(31)14(29)9-12/h7-9,15,18-20,22-24,28-29,31-34,36-37H,10H2,1-6H3. The van der Waals surface area contributed by atoms with Crippen LogP contribution in [0.2, 0.25) is 0 Å². The van der Waals surface area contributed by atoms with Gasteiger partial charge < -0.3 is 55.1 Å². The maximum absolute atomic E-state index is 13.1. The number of allylic oxidation sites excluding steroid dienone is 1. The van der Waals surface area contributed by atoms with Crippen molar-refractivity contribution in [3.05, 3.63) is 29.3 Å². The maximum Gasteiger partial charge on any atom is 0.338 e. The van der Waals surface area contributed by atoms with Crippen LogP contribution >= 0.6 is 0 Å². The summed E-state index contributed by atoms with van der Waals surface area (Å²) in [6.45, 7) is 8.78. The molecule has 0 amide bonds. The van der Waals surface area contributed by atoms with Gasteiger partial charge >= 0.3 is 5.97 Å². The number of esters is 1. The number of ether oxygens (including phenoxy) is 3. The second-order valence-corrected chi connectivity index (χ2v) is 11.8. The summed E-state index contributed by atoms with van der Waals surface area (Å²) in [5, 5.41) is 83.0. The van der Waals surface area contributed by atoms with Crippen molar-refractivity contribution in [1.29, 1.82) is 0 Å². The van der Waals surface area contributed by atoms with Crippen molar-refractivity contribution in [2.24, 2.45) is 10.8 Å². The predicted octanol–water partition coefficient (Wildman–Crippen LogP) is -0.154. The third kappa shape index (κ3) is 5.18. The van der Waals surface area contributed by atoms with E-state index in [1.54, 1.807) is 27.7 Å². The van der Waals surface area contributed by atoms with E-state index < -0.39 is 95.0 Å². The zero-order valence-electron chi connectivity index (χ0n) is 23.1. The van der Waals surface area contributed by atoms with Gasteiger partial charge in [-0.15, -0.1) is 0 Å². The molecule has 8 N–H and O–H groups in total. The second kappa shape index (κ2) is 10.9. The molecule has 224 valence electrons. The number of benzene rings is 1. The first kappa shape index (κ1) is 31.7. The normalized spacial score (nSPS) is 34.7. The molecule has 2 fully saturated rings. The number of ketones is 1. The summed E-state index contributed by atoms with van der Waals surface area (Å²) in [6, 6.07) is 1.68. The van der Waals surface area contributed by atoms with Crippen LogP contribution in [0.15, 0.2) is 23.8 Å². The van der Waals surface area contributed by atoms with Crippen molar-refractivity contribution in [1.82, 2.24) is 0 Å². The monoisotopic (exact) mass is 570 g/mol. The topological polar surface area (TPSA) is 224 Å². The lowest BCUT2D eigenvalue weighted by molar-refractivity contribution is -0.325. The Morgan fingerprint density at radius 2 is 1.50 bits per heavy atom. The number of rotatable bonds is 7. The first-order chi connectivity index (χ1) is 18.3. The lowest BCUT2D eigenvalue weighted by atomic mass is 9.72. The molecule has 1 aromatic carbocycles. The predicted molar refractivity (Wildman–Crippen MR) is 136 cm³/mol. The fraction of sp³-hybridized carbons (Fsp3) is 0.630. The quantitative estimate of drug-likeness (QED) is 0.121. The number of hydrogen-bond donors (Lipinski definition) is 8. The van der Waals surface area contributed by atoms with E-state index in [1.165, 1.54) is 19.9 Å². The fourth-order valence-electron chi connectivity index (χ4n) is 5.60. The summed E-state index contributed by atoms with van der Waals surface area (Å²) in [5.74, 6) is -4.21. The van der Waals surface area contributed by atoms with Crippen LogP contribution in [-0.2, 0) is 19.0 Å². The summed E-state index contributed by atoms with van der Waals surface area (Å²) in [7, 11) is 0. The molecular weight excluding hydrogens is 532 g/mol. The highest BCUT2D eigenvalue weighted by Crippen LogP contribution is 2.57. The molecule has 0 bridgehead atoms. The molecule has 8 unspecified atom stereocenters. The number of hydrogen-bond acceptors (Lipinski definition) is 13. The number of carbonyl (C=O) groups excluding carboxylic acids is 2. The third-order valence-electron chi connectivity index (χ3n) is 7.83. The highest BCUT2D eigenvalue weighted by atomic mass is 16.7. The van der Waals surface area contributed by atoms with Crippen LogP contribution < -0.4 is 0 Å². The van der Waals surface area contributed by atoms with Gasteiger partial charge in [0.05, 0.1) is 17.8 Å². The molecule has 8 atom stereocenters. The smallest absolute Gasteiger partial charge is 0.338 e. The molecule has 0 spiro atoms. The minimum absolute atomic E-state index is 0.338. The molecule has 13 heteroatoms. The van der Waals surface area contributed by atoms with E-state index in [4.69, 9.17) is 14.2 Å². The Bertz CT molecular complexity index is 1150. The molecule has 13 nitrogen and oxygen atoms in total. The molecule has 1 saturated carbocycles. The number of phenols is 3. The van der Waals surface area contributed by atoms with Gasteiger partial charge in [-0.05, 0) is 32.1 Å². The van der Waals surface area contributed by atoms with E-state index in [1.807, 2.05) is 0 Å². The molecule has 1 heterocycles. The molecule has 1 aromatic rings. The summed E-state index contributed by atoms with van der Waals surface area (Å²) in [5.41, 5.74) is -4.75. The van der Waals surface area contributed by atoms with Crippen LogP contribution in [0, 0.1) is 10.8 Å². The Hall–Kier alpha value is -2.78. The van der Waals surface area contributed by atoms with Crippen LogP contribution in [0.5, 0.6) is 17.2 Å². The largest absolute Gasteiger partial charge is 0.504 e. The Morgan fingerprint density at radius 3 is 2.02 bits per heavy atom. The van der Waals surface area contributed by atoms with Crippen molar-refractivity contribution in [3.63, 3.8) is 0 Å². The van der Waals surface area contributed by atoms with Crippen LogP contribution in [0.4, 0.5) is 0 Å². The number of aliphatic hydroxyl groups is 5. The third-order valence-corrected chi connectivity index (χ3v) is 7.83. The van der Waals surface area contributed by atoms with E-state index in [-0.39, 0.29) is 5.56 Å². The highest BCUT2D eigenvalue weighted by Gasteiger charge is 2.71. The van der Waals surface area contributed by atoms with Crippen molar-refractivity contribution in [2.45, 2.75) is 90.1 Å². The van der Waals surface area contributed by atoms with Gasteiger partial charge in [-0.2, -0.15) is 0 Å². The fourth-order valence-corrected chi connectivity index (χ4v) is 5.60.